The molecule has 0 bridgehead atoms. The lowest BCUT2D eigenvalue weighted by molar-refractivity contribution is -0.143. The number of carbonyl (C=O) groups excluding carboxylic acids is 2. The van der Waals surface area contributed by atoms with Gasteiger partial charge >= 0.3 is 5.97 Å². The van der Waals surface area contributed by atoms with Crippen LogP contribution in [-0.2, 0) is 14.3 Å². The molecule has 0 aromatic heterocycles. The van der Waals surface area contributed by atoms with Crippen molar-refractivity contribution in [2.24, 2.45) is 0 Å². The van der Waals surface area contributed by atoms with Crippen LogP contribution in [0.5, 0.6) is 0 Å². The number of carbonyl (C=O) groups is 2. The molecule has 0 fully saturated rings. The van der Waals surface area contributed by atoms with Crippen molar-refractivity contribution in [3.8, 4) is 0 Å². The van der Waals surface area contributed by atoms with Gasteiger partial charge in [-0.15, -0.1) is 0 Å². The van der Waals surface area contributed by atoms with Crippen molar-refractivity contribution in [3.05, 3.63) is 12.2 Å². The number of unbranched alkanes of at least 4 members (excludes halogenated alkanes) is 55. The van der Waals surface area contributed by atoms with Crippen molar-refractivity contribution >= 4 is 11.9 Å². The fourth-order valence-corrected chi connectivity index (χ4v) is 11.2. The van der Waals surface area contributed by atoms with E-state index >= 15 is 0 Å². The average molecular weight is 1070 g/mol. The van der Waals surface area contributed by atoms with Gasteiger partial charge in [0.1, 0.15) is 0 Å². The Hall–Kier alpha value is -1.40. The maximum atomic E-state index is 12.5. The molecule has 2 unspecified atom stereocenters. The molecule has 0 radical (unpaired) electrons. The van der Waals surface area contributed by atoms with Crippen LogP contribution in [0, 0.1) is 0 Å². The predicted octanol–water partition coefficient (Wildman–Crippen LogP) is 22.4. The summed E-state index contributed by atoms with van der Waals surface area (Å²) in [4.78, 5) is 24.6. The summed E-state index contributed by atoms with van der Waals surface area (Å²) in [7, 11) is 0. The summed E-state index contributed by atoms with van der Waals surface area (Å²) < 4.78 is 5.50. The first-order valence-corrected chi connectivity index (χ1v) is 35.0. The van der Waals surface area contributed by atoms with Gasteiger partial charge in [0, 0.05) is 12.8 Å². The van der Waals surface area contributed by atoms with Crippen LogP contribution in [0.4, 0.5) is 0 Å². The van der Waals surface area contributed by atoms with Crippen molar-refractivity contribution in [2.75, 3.05) is 13.2 Å². The number of esters is 1. The van der Waals surface area contributed by atoms with E-state index in [-0.39, 0.29) is 18.5 Å². The highest BCUT2D eigenvalue weighted by molar-refractivity contribution is 5.76. The van der Waals surface area contributed by atoms with Gasteiger partial charge in [-0.1, -0.05) is 366 Å². The number of allylic oxidation sites excluding steroid dienone is 1. The second kappa shape index (κ2) is 66.1. The highest BCUT2D eigenvalue weighted by Gasteiger charge is 2.18. The lowest BCUT2D eigenvalue weighted by Gasteiger charge is -2.20. The molecule has 76 heavy (non-hydrogen) atoms. The van der Waals surface area contributed by atoms with Gasteiger partial charge in [-0.25, -0.2) is 0 Å². The third-order valence-corrected chi connectivity index (χ3v) is 16.6. The lowest BCUT2D eigenvalue weighted by Crippen LogP contribution is -2.45. The van der Waals surface area contributed by atoms with Crippen LogP contribution >= 0.6 is 0 Å². The van der Waals surface area contributed by atoms with E-state index in [1.807, 2.05) is 6.08 Å². The zero-order chi connectivity index (χ0) is 55.0. The van der Waals surface area contributed by atoms with Gasteiger partial charge < -0.3 is 20.3 Å². The Balaban J connectivity index is 3.37. The average Bonchev–Trinajstić information content (AvgIpc) is 3.42. The molecule has 0 aliphatic carbocycles. The highest BCUT2D eigenvalue weighted by atomic mass is 16.5. The molecule has 0 heterocycles. The normalized spacial score (nSPS) is 12.5. The Morgan fingerprint density at radius 1 is 0.355 bits per heavy atom. The van der Waals surface area contributed by atoms with Gasteiger partial charge in [0.25, 0.3) is 0 Å². The maximum Gasteiger partial charge on any atom is 0.305 e. The molecule has 0 rings (SSSR count). The fourth-order valence-electron chi connectivity index (χ4n) is 11.2. The molecule has 3 N–H and O–H groups in total. The van der Waals surface area contributed by atoms with Gasteiger partial charge in [0.05, 0.1) is 25.4 Å². The van der Waals surface area contributed by atoms with Gasteiger partial charge in [0.2, 0.25) is 5.91 Å². The van der Waals surface area contributed by atoms with Crippen molar-refractivity contribution in [2.45, 2.75) is 411 Å². The molecule has 6 nitrogen and oxygen atoms in total. The van der Waals surface area contributed by atoms with Crippen LogP contribution in [0.1, 0.15) is 399 Å². The van der Waals surface area contributed by atoms with E-state index in [0.29, 0.717) is 19.4 Å². The predicted molar refractivity (Wildman–Crippen MR) is 333 cm³/mol. The summed E-state index contributed by atoms with van der Waals surface area (Å²) in [5.41, 5.74) is 0. The number of aliphatic hydroxyl groups is 2. The summed E-state index contributed by atoms with van der Waals surface area (Å²) in [6.45, 7) is 4.95. The Morgan fingerprint density at radius 2 is 0.605 bits per heavy atom. The number of hydrogen-bond acceptors (Lipinski definition) is 5. The minimum Gasteiger partial charge on any atom is -0.466 e. The first kappa shape index (κ1) is 74.6. The van der Waals surface area contributed by atoms with Gasteiger partial charge in [-0.3, -0.25) is 9.59 Å². The second-order valence-corrected chi connectivity index (χ2v) is 24.2. The zero-order valence-electron chi connectivity index (χ0n) is 51.8. The topological polar surface area (TPSA) is 95.9 Å². The van der Waals surface area contributed by atoms with E-state index in [2.05, 4.69) is 19.2 Å². The maximum absolute atomic E-state index is 12.5. The van der Waals surface area contributed by atoms with Crippen LogP contribution in [0.2, 0.25) is 0 Å². The Morgan fingerprint density at radius 3 is 0.895 bits per heavy atom. The number of aliphatic hydroxyl groups excluding tert-OH is 2. The summed E-state index contributed by atoms with van der Waals surface area (Å²) in [6.07, 6.45) is 81.4. The molecule has 0 spiro atoms. The quantitative estimate of drug-likeness (QED) is 0.0320. The number of ether oxygens (including phenoxy) is 1. The van der Waals surface area contributed by atoms with E-state index in [1.54, 1.807) is 6.08 Å². The van der Waals surface area contributed by atoms with E-state index in [0.717, 1.165) is 38.5 Å². The molecule has 2 atom stereocenters. The first-order valence-electron chi connectivity index (χ1n) is 35.0. The van der Waals surface area contributed by atoms with Gasteiger partial charge in [0.15, 0.2) is 0 Å². The molecule has 6 heteroatoms. The summed E-state index contributed by atoms with van der Waals surface area (Å²) in [5.74, 6) is -0.0422. The Labute approximate surface area is 476 Å². The van der Waals surface area contributed by atoms with Crippen LogP contribution in [0.3, 0.4) is 0 Å². The lowest BCUT2D eigenvalue weighted by atomic mass is 10.0. The second-order valence-electron chi connectivity index (χ2n) is 24.2. The van der Waals surface area contributed by atoms with E-state index < -0.39 is 12.1 Å². The zero-order valence-corrected chi connectivity index (χ0v) is 51.8. The molecule has 0 saturated heterocycles. The SMILES string of the molecule is CCCCCCCCCCCCCCCCCCC/C=C/C(O)C(CO)NC(=O)CCCCCCCCCCCCCCCCCCCCCCCCCCCOC(=O)CCCCCCCCCCCCCCCCC. The third kappa shape index (κ3) is 61.8. The van der Waals surface area contributed by atoms with Crippen molar-refractivity contribution in [1.29, 1.82) is 0 Å². The molecule has 0 saturated carbocycles. The minimum atomic E-state index is -0.843. The summed E-state index contributed by atoms with van der Waals surface area (Å²) >= 11 is 0. The molecule has 1 amide bonds. The number of amides is 1. The summed E-state index contributed by atoms with van der Waals surface area (Å²) in [5, 5.41) is 23.2. The third-order valence-electron chi connectivity index (χ3n) is 16.6. The molecule has 0 aliphatic rings. The van der Waals surface area contributed by atoms with E-state index in [1.165, 1.54) is 334 Å². The molecule has 0 aromatic carbocycles. The molecule has 0 aromatic rings. The number of nitrogens with one attached hydrogen (secondary N) is 1. The molecule has 0 aliphatic heterocycles. The first-order chi connectivity index (χ1) is 37.5. The van der Waals surface area contributed by atoms with Crippen LogP contribution < -0.4 is 5.32 Å². The Kier molecular flexibility index (Phi) is 64.9. The summed E-state index contributed by atoms with van der Waals surface area (Å²) in [6, 6.07) is -0.626. The molecule has 452 valence electrons. The van der Waals surface area contributed by atoms with Crippen molar-refractivity contribution < 1.29 is 24.5 Å². The number of hydrogen-bond donors (Lipinski definition) is 3. The largest absolute Gasteiger partial charge is 0.466 e. The van der Waals surface area contributed by atoms with Crippen molar-refractivity contribution in [1.82, 2.24) is 5.32 Å². The van der Waals surface area contributed by atoms with Crippen LogP contribution in [0.25, 0.3) is 0 Å². The van der Waals surface area contributed by atoms with E-state index in [9.17, 15) is 19.8 Å². The molecular weight excluding hydrogens is 935 g/mol. The van der Waals surface area contributed by atoms with Gasteiger partial charge in [-0.2, -0.15) is 0 Å². The molecular formula is C70H137NO5. The minimum absolute atomic E-state index is 0.0199. The van der Waals surface area contributed by atoms with Crippen molar-refractivity contribution in [3.63, 3.8) is 0 Å². The highest BCUT2D eigenvalue weighted by Crippen LogP contribution is 2.19. The van der Waals surface area contributed by atoms with Crippen LogP contribution in [-0.4, -0.2) is 47.4 Å². The smallest absolute Gasteiger partial charge is 0.305 e. The van der Waals surface area contributed by atoms with E-state index in [4.69, 9.17) is 4.74 Å². The van der Waals surface area contributed by atoms with Gasteiger partial charge in [-0.05, 0) is 32.1 Å². The number of rotatable bonds is 66. The monoisotopic (exact) mass is 1070 g/mol. The Bertz CT molecular complexity index is 1140. The standard InChI is InChI=1S/C70H137NO5/c1-3-5-7-9-11-13-15-17-19-20-28-31-35-38-42-46-50-54-58-62-68(73)67(66-72)71-69(74)63-59-55-51-47-43-39-36-32-29-26-24-22-21-23-25-27-30-33-37-41-45-49-53-57-61-65-76-70(75)64-60-56-52-48-44-40-34-18-16-14-12-10-8-6-4-2/h58,62,67-68,72-73H,3-57,59-61,63-66H2,1-2H3,(H,71,74)/b62-58+. The fraction of sp³-hybridized carbons (Fsp3) is 0.943. The van der Waals surface area contributed by atoms with Crippen LogP contribution in [0.15, 0.2) is 12.2 Å².